The van der Waals surface area contributed by atoms with E-state index in [1.54, 1.807) is 13.2 Å². The highest BCUT2D eigenvalue weighted by Crippen LogP contribution is 2.29. The Balaban J connectivity index is 1.64. The molecule has 0 spiro atoms. The third-order valence-electron chi connectivity index (χ3n) is 5.49. The van der Waals surface area contributed by atoms with Crippen LogP contribution in [0.2, 0.25) is 0 Å². The third-order valence-corrected chi connectivity index (χ3v) is 5.49. The molecule has 30 heavy (non-hydrogen) atoms. The van der Waals surface area contributed by atoms with Crippen LogP contribution in [0.4, 0.5) is 0 Å². The van der Waals surface area contributed by atoms with Crippen molar-refractivity contribution in [3.05, 3.63) is 88.3 Å². The van der Waals surface area contributed by atoms with Crippen molar-refractivity contribution in [2.24, 2.45) is 0 Å². The highest BCUT2D eigenvalue weighted by Gasteiger charge is 2.18. The van der Waals surface area contributed by atoms with Gasteiger partial charge in [-0.25, -0.2) is 4.79 Å². The van der Waals surface area contributed by atoms with Crippen molar-refractivity contribution in [3.8, 4) is 5.75 Å². The molecule has 0 radical (unpaired) electrons. The van der Waals surface area contributed by atoms with E-state index in [9.17, 15) is 4.79 Å². The largest absolute Gasteiger partial charge is 0.496 e. The molecule has 4 rings (SSSR count). The minimum Gasteiger partial charge on any atom is -0.496 e. The lowest BCUT2D eigenvalue weighted by Gasteiger charge is -2.26. The van der Waals surface area contributed by atoms with Crippen LogP contribution >= 0.6 is 0 Å². The van der Waals surface area contributed by atoms with Crippen molar-refractivity contribution in [1.82, 2.24) is 10.2 Å². The summed E-state index contributed by atoms with van der Waals surface area (Å²) < 4.78 is 11.0. The van der Waals surface area contributed by atoms with Gasteiger partial charge in [0.2, 0.25) is 0 Å². The average Bonchev–Trinajstić information content (AvgIpc) is 2.76. The van der Waals surface area contributed by atoms with E-state index in [-0.39, 0.29) is 11.7 Å². The Morgan fingerprint density at radius 2 is 1.80 bits per heavy atom. The van der Waals surface area contributed by atoms with Crippen molar-refractivity contribution in [2.45, 2.75) is 12.6 Å². The zero-order valence-electron chi connectivity index (χ0n) is 17.5. The quantitative estimate of drug-likeness (QED) is 0.368. The van der Waals surface area contributed by atoms with Crippen LogP contribution in [0.25, 0.3) is 21.7 Å². The molecule has 154 valence electrons. The molecule has 1 N–H and O–H groups in total. The number of nitrogens with zero attached hydrogens (tertiary/aromatic N) is 1. The van der Waals surface area contributed by atoms with Crippen LogP contribution in [0.1, 0.15) is 17.2 Å². The summed E-state index contributed by atoms with van der Waals surface area (Å²) in [6.07, 6.45) is 0. The van der Waals surface area contributed by atoms with Crippen LogP contribution in [0.15, 0.2) is 75.9 Å². The minimum atomic E-state index is -0.330. The van der Waals surface area contributed by atoms with Crippen molar-refractivity contribution >= 4 is 21.7 Å². The van der Waals surface area contributed by atoms with Gasteiger partial charge in [0.05, 0.1) is 13.2 Å². The van der Waals surface area contributed by atoms with E-state index in [0.717, 1.165) is 33.0 Å². The SMILES string of the molecule is COc1ccccc1[C@H](CNCc1cc(=O)oc2ccc3ccccc3c12)N(C)C. The zero-order chi connectivity index (χ0) is 21.1. The van der Waals surface area contributed by atoms with Crippen LogP contribution in [0.5, 0.6) is 5.75 Å². The molecule has 0 fully saturated rings. The molecule has 1 atom stereocenters. The molecule has 0 saturated heterocycles. The van der Waals surface area contributed by atoms with Gasteiger partial charge in [0.1, 0.15) is 11.3 Å². The normalized spacial score (nSPS) is 12.5. The van der Waals surface area contributed by atoms with E-state index in [1.165, 1.54) is 0 Å². The Bertz CT molecular complexity index is 1230. The van der Waals surface area contributed by atoms with Gasteiger partial charge in [-0.15, -0.1) is 0 Å². The summed E-state index contributed by atoms with van der Waals surface area (Å²) in [7, 11) is 5.80. The topological polar surface area (TPSA) is 54.7 Å². The fraction of sp³-hybridized carbons (Fsp3) is 0.240. The summed E-state index contributed by atoms with van der Waals surface area (Å²) in [6.45, 7) is 1.27. The molecule has 0 aliphatic carbocycles. The van der Waals surface area contributed by atoms with Gasteiger partial charge in [0.25, 0.3) is 0 Å². The first-order chi connectivity index (χ1) is 14.6. The number of nitrogens with one attached hydrogen (secondary N) is 1. The third kappa shape index (κ3) is 3.95. The summed E-state index contributed by atoms with van der Waals surface area (Å²) in [5.74, 6) is 0.870. The van der Waals surface area contributed by atoms with Crippen LogP contribution < -0.4 is 15.7 Å². The van der Waals surface area contributed by atoms with Crippen LogP contribution in [-0.2, 0) is 6.54 Å². The molecular formula is C25H26N2O3. The molecule has 0 aliphatic rings. The maximum Gasteiger partial charge on any atom is 0.336 e. The van der Waals surface area contributed by atoms with Gasteiger partial charge in [-0.1, -0.05) is 48.5 Å². The van der Waals surface area contributed by atoms with Crippen LogP contribution in [0, 0.1) is 0 Å². The second-order valence-electron chi connectivity index (χ2n) is 7.60. The Hall–Kier alpha value is -3.15. The molecule has 0 unspecified atom stereocenters. The molecule has 1 heterocycles. The van der Waals surface area contributed by atoms with E-state index >= 15 is 0 Å². The van der Waals surface area contributed by atoms with Crippen LogP contribution in [-0.4, -0.2) is 32.6 Å². The highest BCUT2D eigenvalue weighted by molar-refractivity contribution is 6.07. The number of hydrogen-bond acceptors (Lipinski definition) is 5. The first-order valence-electron chi connectivity index (χ1n) is 10.0. The molecule has 0 aliphatic heterocycles. The predicted octanol–water partition coefficient (Wildman–Crippen LogP) is 4.35. The average molecular weight is 402 g/mol. The number of para-hydroxylation sites is 1. The fourth-order valence-corrected chi connectivity index (χ4v) is 4.02. The Morgan fingerprint density at radius 1 is 1.03 bits per heavy atom. The molecule has 3 aromatic carbocycles. The molecule has 0 amide bonds. The molecule has 1 aromatic heterocycles. The molecule has 5 nitrogen and oxygen atoms in total. The number of fused-ring (bicyclic) bond motifs is 3. The van der Waals surface area contributed by atoms with Gasteiger partial charge in [0, 0.05) is 30.1 Å². The van der Waals surface area contributed by atoms with E-state index in [0.29, 0.717) is 18.7 Å². The molecule has 0 saturated carbocycles. The maximum atomic E-state index is 12.1. The fourth-order valence-electron chi connectivity index (χ4n) is 4.02. The smallest absolute Gasteiger partial charge is 0.336 e. The van der Waals surface area contributed by atoms with Gasteiger partial charge in [0.15, 0.2) is 0 Å². The number of benzene rings is 3. The van der Waals surface area contributed by atoms with Crippen molar-refractivity contribution in [2.75, 3.05) is 27.7 Å². The molecular weight excluding hydrogens is 376 g/mol. The summed E-state index contributed by atoms with van der Waals surface area (Å²) in [5, 5.41) is 6.74. The monoisotopic (exact) mass is 402 g/mol. The van der Waals surface area contributed by atoms with Gasteiger partial charge in [-0.3, -0.25) is 0 Å². The number of rotatable bonds is 7. The lowest BCUT2D eigenvalue weighted by Crippen LogP contribution is -2.31. The van der Waals surface area contributed by atoms with E-state index in [1.807, 2.05) is 42.5 Å². The van der Waals surface area contributed by atoms with Gasteiger partial charge >= 0.3 is 5.63 Å². The second kappa shape index (κ2) is 8.69. The molecule has 4 aromatic rings. The Morgan fingerprint density at radius 3 is 2.60 bits per heavy atom. The minimum absolute atomic E-state index is 0.129. The van der Waals surface area contributed by atoms with Crippen molar-refractivity contribution in [3.63, 3.8) is 0 Å². The second-order valence-corrected chi connectivity index (χ2v) is 7.60. The molecule has 0 bridgehead atoms. The number of ether oxygens (including phenoxy) is 1. The Labute approximate surface area is 175 Å². The van der Waals surface area contributed by atoms with Crippen molar-refractivity contribution < 1.29 is 9.15 Å². The first-order valence-corrected chi connectivity index (χ1v) is 10.0. The standard InChI is InChI=1S/C25H26N2O3/c1-27(2)21(20-10-6-7-11-22(20)29-3)16-26-15-18-14-24(28)30-23-13-12-17-8-4-5-9-19(17)25(18)23/h4-14,21,26H,15-16H2,1-3H3/t21-/m0/s1. The zero-order valence-corrected chi connectivity index (χ0v) is 17.5. The number of hydrogen-bond donors (Lipinski definition) is 1. The summed E-state index contributed by atoms with van der Waals surface area (Å²) >= 11 is 0. The predicted molar refractivity (Wildman–Crippen MR) is 121 cm³/mol. The molecule has 5 heteroatoms. The summed E-state index contributed by atoms with van der Waals surface area (Å²) in [5.41, 5.74) is 2.35. The summed E-state index contributed by atoms with van der Waals surface area (Å²) in [6, 6.07) is 21.8. The number of likely N-dealkylation sites (N-methyl/N-ethyl adjacent to an activating group) is 1. The Kier molecular flexibility index (Phi) is 5.84. The lowest BCUT2D eigenvalue weighted by molar-refractivity contribution is 0.279. The lowest BCUT2D eigenvalue weighted by atomic mass is 10.0. The van der Waals surface area contributed by atoms with Crippen molar-refractivity contribution in [1.29, 1.82) is 0 Å². The van der Waals surface area contributed by atoms with E-state index in [4.69, 9.17) is 9.15 Å². The van der Waals surface area contributed by atoms with Gasteiger partial charge in [-0.05, 0) is 42.6 Å². The number of methoxy groups -OCH3 is 1. The van der Waals surface area contributed by atoms with E-state index < -0.39 is 0 Å². The van der Waals surface area contributed by atoms with Crippen LogP contribution in [0.3, 0.4) is 0 Å². The first kappa shape index (κ1) is 20.1. The highest BCUT2D eigenvalue weighted by atomic mass is 16.5. The van der Waals surface area contributed by atoms with Gasteiger partial charge < -0.3 is 19.4 Å². The van der Waals surface area contributed by atoms with E-state index in [2.05, 4.69) is 42.5 Å². The van der Waals surface area contributed by atoms with Gasteiger partial charge in [-0.2, -0.15) is 0 Å². The summed E-state index contributed by atoms with van der Waals surface area (Å²) in [4.78, 5) is 14.3. The maximum absolute atomic E-state index is 12.1.